The number of halogens is 2. The molecule has 1 aromatic carbocycles. The monoisotopic (exact) mass is 453 g/mol. The van der Waals surface area contributed by atoms with Crippen LogP contribution in [0.25, 0.3) is 0 Å². The first-order chi connectivity index (χ1) is 9.63. The largest absolute Gasteiger partial charge is 0.399 e. The molecule has 21 heavy (non-hydrogen) atoms. The molecular formula is C12H13Br2N3O2S2. The molecule has 0 unspecified atom stereocenters. The highest BCUT2D eigenvalue weighted by molar-refractivity contribution is 9.11. The number of benzene rings is 1. The maximum atomic E-state index is 12.7. The van der Waals surface area contributed by atoms with Crippen LogP contribution in [-0.2, 0) is 15.6 Å². The number of hydrogen-bond donors (Lipinski definition) is 2. The molecule has 5 nitrogen and oxygen atoms in total. The van der Waals surface area contributed by atoms with Crippen LogP contribution in [0, 0.1) is 0 Å². The zero-order valence-corrected chi connectivity index (χ0v) is 16.0. The van der Waals surface area contributed by atoms with Crippen molar-refractivity contribution in [2.75, 3.05) is 5.73 Å². The molecule has 0 spiro atoms. The van der Waals surface area contributed by atoms with Gasteiger partial charge in [0.25, 0.3) is 0 Å². The third-order valence-electron chi connectivity index (χ3n) is 2.65. The van der Waals surface area contributed by atoms with Crippen molar-refractivity contribution in [2.45, 2.75) is 24.3 Å². The summed E-state index contributed by atoms with van der Waals surface area (Å²) in [6.45, 7) is 3.53. The van der Waals surface area contributed by atoms with Crippen LogP contribution in [0.1, 0.15) is 18.9 Å². The Bertz CT molecular complexity index is 736. The number of nitrogens with two attached hydrogens (primary N) is 1. The molecule has 0 aliphatic carbocycles. The summed E-state index contributed by atoms with van der Waals surface area (Å²) < 4.78 is 28.8. The van der Waals surface area contributed by atoms with Gasteiger partial charge in [-0.05, 0) is 57.8 Å². The molecule has 0 radical (unpaired) electrons. The first kappa shape index (κ1) is 16.9. The van der Waals surface area contributed by atoms with Crippen LogP contribution in [0.4, 0.5) is 5.69 Å². The minimum absolute atomic E-state index is 0.112. The number of anilines is 1. The molecule has 0 aliphatic heterocycles. The van der Waals surface area contributed by atoms with Crippen molar-refractivity contribution in [3.8, 4) is 0 Å². The quantitative estimate of drug-likeness (QED) is 0.692. The van der Waals surface area contributed by atoms with E-state index in [0.717, 1.165) is 0 Å². The molecule has 0 aliphatic rings. The summed E-state index contributed by atoms with van der Waals surface area (Å²) in [5.74, 6) is 0. The van der Waals surface area contributed by atoms with E-state index in [1.54, 1.807) is 37.6 Å². The van der Waals surface area contributed by atoms with E-state index in [4.69, 9.17) is 5.73 Å². The van der Waals surface area contributed by atoms with Gasteiger partial charge in [0.15, 0.2) is 0 Å². The highest BCUT2D eigenvalue weighted by atomic mass is 79.9. The number of nitrogens with one attached hydrogen (secondary N) is 1. The van der Waals surface area contributed by atoms with Gasteiger partial charge in [0.2, 0.25) is 10.0 Å². The van der Waals surface area contributed by atoms with E-state index < -0.39 is 15.6 Å². The van der Waals surface area contributed by atoms with Gasteiger partial charge in [-0.25, -0.2) is 13.4 Å². The lowest BCUT2D eigenvalue weighted by Crippen LogP contribution is -2.41. The molecule has 0 saturated heterocycles. The summed E-state index contributed by atoms with van der Waals surface area (Å²) in [6.07, 6.45) is 1.64. The third kappa shape index (κ3) is 3.65. The van der Waals surface area contributed by atoms with E-state index in [1.807, 2.05) is 0 Å². The Morgan fingerprint density at radius 2 is 1.86 bits per heavy atom. The lowest BCUT2D eigenvalue weighted by Gasteiger charge is -2.24. The standard InChI is InChI=1S/C12H13Br2N3O2S2/c1-12(2,11-16-3-4-20-11)17-21(18,19)10-8(13)5-7(15)6-9(10)14/h3-6,17H,15H2,1-2H3. The topological polar surface area (TPSA) is 85.1 Å². The zero-order valence-electron chi connectivity index (χ0n) is 11.2. The van der Waals surface area contributed by atoms with Crippen LogP contribution in [0.15, 0.2) is 37.6 Å². The van der Waals surface area contributed by atoms with Gasteiger partial charge in [-0.2, -0.15) is 4.72 Å². The van der Waals surface area contributed by atoms with Gasteiger partial charge in [-0.1, -0.05) is 0 Å². The van der Waals surface area contributed by atoms with Crippen LogP contribution in [0.3, 0.4) is 0 Å². The van der Waals surface area contributed by atoms with E-state index >= 15 is 0 Å². The molecule has 1 aromatic heterocycles. The fraction of sp³-hybridized carbons (Fsp3) is 0.250. The molecule has 2 aromatic rings. The van der Waals surface area contributed by atoms with Gasteiger partial charge in [0.1, 0.15) is 9.90 Å². The maximum Gasteiger partial charge on any atom is 0.243 e. The summed E-state index contributed by atoms with van der Waals surface area (Å²) in [5.41, 5.74) is 5.34. The number of rotatable bonds is 4. The van der Waals surface area contributed by atoms with Crippen molar-refractivity contribution in [3.05, 3.63) is 37.7 Å². The number of nitrogen functional groups attached to an aromatic ring is 1. The Labute approximate surface area is 144 Å². The summed E-state index contributed by atoms with van der Waals surface area (Å²) in [6, 6.07) is 3.10. The highest BCUT2D eigenvalue weighted by Gasteiger charge is 2.32. The molecule has 1 heterocycles. The molecule has 3 N–H and O–H groups in total. The maximum absolute atomic E-state index is 12.7. The van der Waals surface area contributed by atoms with E-state index in [1.165, 1.54) is 11.3 Å². The number of aromatic nitrogens is 1. The minimum Gasteiger partial charge on any atom is -0.399 e. The number of sulfonamides is 1. The number of nitrogens with zero attached hydrogens (tertiary/aromatic N) is 1. The molecule has 0 fully saturated rings. The second-order valence-electron chi connectivity index (χ2n) is 4.88. The molecular weight excluding hydrogens is 442 g/mol. The third-order valence-corrected chi connectivity index (χ3v) is 7.27. The highest BCUT2D eigenvalue weighted by Crippen LogP contribution is 2.34. The van der Waals surface area contributed by atoms with E-state index in [2.05, 4.69) is 41.6 Å². The average molecular weight is 455 g/mol. The molecule has 2 rings (SSSR count). The van der Waals surface area contributed by atoms with Crippen molar-refractivity contribution < 1.29 is 8.42 Å². The Hall–Kier alpha value is -0.480. The van der Waals surface area contributed by atoms with Gasteiger partial charge < -0.3 is 5.73 Å². The molecule has 114 valence electrons. The summed E-state index contributed by atoms with van der Waals surface area (Å²) in [5, 5.41) is 2.49. The van der Waals surface area contributed by atoms with Crippen molar-refractivity contribution >= 4 is 58.9 Å². The van der Waals surface area contributed by atoms with Crippen LogP contribution < -0.4 is 10.5 Å². The summed E-state index contributed by atoms with van der Waals surface area (Å²) in [7, 11) is -3.75. The number of hydrogen-bond acceptors (Lipinski definition) is 5. The van der Waals surface area contributed by atoms with Crippen molar-refractivity contribution in [2.24, 2.45) is 0 Å². The van der Waals surface area contributed by atoms with E-state index in [9.17, 15) is 8.42 Å². The van der Waals surface area contributed by atoms with Gasteiger partial charge in [-0.15, -0.1) is 11.3 Å². The number of thiazole rings is 1. The lowest BCUT2D eigenvalue weighted by molar-refractivity contribution is 0.469. The Balaban J connectivity index is 2.45. The minimum atomic E-state index is -3.75. The average Bonchev–Trinajstić information content (AvgIpc) is 2.78. The Morgan fingerprint density at radius 1 is 1.29 bits per heavy atom. The lowest BCUT2D eigenvalue weighted by atomic mass is 10.1. The summed E-state index contributed by atoms with van der Waals surface area (Å²) in [4.78, 5) is 4.29. The second-order valence-corrected chi connectivity index (χ2v) is 9.10. The predicted octanol–water partition coefficient (Wildman–Crippen LogP) is 3.46. The van der Waals surface area contributed by atoms with Gasteiger partial charge in [0, 0.05) is 26.2 Å². The predicted molar refractivity (Wildman–Crippen MR) is 91.7 cm³/mol. The Morgan fingerprint density at radius 3 is 2.33 bits per heavy atom. The SMILES string of the molecule is CC(C)(NS(=O)(=O)c1c(Br)cc(N)cc1Br)c1nccs1. The van der Waals surface area contributed by atoms with Crippen LogP contribution in [-0.4, -0.2) is 13.4 Å². The smallest absolute Gasteiger partial charge is 0.243 e. The van der Waals surface area contributed by atoms with Crippen molar-refractivity contribution in [3.63, 3.8) is 0 Å². The molecule has 0 saturated carbocycles. The van der Waals surface area contributed by atoms with E-state index in [-0.39, 0.29) is 4.90 Å². The van der Waals surface area contributed by atoms with Crippen LogP contribution in [0.2, 0.25) is 0 Å². The van der Waals surface area contributed by atoms with Crippen LogP contribution in [0.5, 0.6) is 0 Å². The normalized spacial score (nSPS) is 12.6. The molecule has 9 heteroatoms. The van der Waals surface area contributed by atoms with Crippen molar-refractivity contribution in [1.29, 1.82) is 0 Å². The fourth-order valence-electron chi connectivity index (χ4n) is 1.80. The Kier molecular flexibility index (Phi) is 4.79. The fourth-order valence-corrected chi connectivity index (χ4v) is 6.58. The summed E-state index contributed by atoms with van der Waals surface area (Å²) >= 11 is 7.89. The molecule has 0 amide bonds. The molecule has 0 atom stereocenters. The second kappa shape index (κ2) is 5.96. The van der Waals surface area contributed by atoms with Gasteiger partial charge in [-0.3, -0.25) is 0 Å². The first-order valence-electron chi connectivity index (χ1n) is 5.82. The van der Waals surface area contributed by atoms with Gasteiger partial charge >= 0.3 is 0 Å². The van der Waals surface area contributed by atoms with Crippen molar-refractivity contribution in [1.82, 2.24) is 9.71 Å². The first-order valence-corrected chi connectivity index (χ1v) is 9.77. The van der Waals surface area contributed by atoms with Gasteiger partial charge in [0.05, 0.1) is 5.54 Å². The molecule has 0 bridgehead atoms. The van der Waals surface area contributed by atoms with Crippen LogP contribution >= 0.6 is 43.2 Å². The zero-order chi connectivity index (χ0) is 15.8. The van der Waals surface area contributed by atoms with E-state index in [0.29, 0.717) is 19.6 Å².